The maximum Gasteiger partial charge on any atom is 0.238 e. The summed E-state index contributed by atoms with van der Waals surface area (Å²) in [5, 5.41) is 7.79. The van der Waals surface area contributed by atoms with Crippen LogP contribution < -0.4 is 4.74 Å². The first-order valence-corrected chi connectivity index (χ1v) is 5.89. The normalized spacial score (nSPS) is 14.6. The maximum absolute atomic E-state index is 5.87. The number of ether oxygens (including phenoxy) is 1. The molecule has 3 rings (SSSR count). The van der Waals surface area contributed by atoms with Crippen molar-refractivity contribution in [2.45, 2.75) is 25.7 Å². The smallest absolute Gasteiger partial charge is 0.238 e. The van der Waals surface area contributed by atoms with Crippen LogP contribution in [-0.2, 0) is 0 Å². The van der Waals surface area contributed by atoms with Gasteiger partial charge in [-0.15, -0.1) is 5.10 Å². The van der Waals surface area contributed by atoms with E-state index >= 15 is 0 Å². The molecule has 0 spiro atoms. The Bertz CT molecular complexity index is 521. The van der Waals surface area contributed by atoms with E-state index in [9.17, 15) is 0 Å². The van der Waals surface area contributed by atoms with E-state index in [2.05, 4.69) is 35.3 Å². The SMILES string of the molecule is Cc1cccc(C2CC2)c1Oc1cccnn1. The minimum Gasteiger partial charge on any atom is -0.437 e. The van der Waals surface area contributed by atoms with Crippen LogP contribution in [0.5, 0.6) is 11.6 Å². The summed E-state index contributed by atoms with van der Waals surface area (Å²) in [5.74, 6) is 2.18. The molecule has 0 radical (unpaired) electrons. The van der Waals surface area contributed by atoms with E-state index in [1.54, 1.807) is 6.20 Å². The summed E-state index contributed by atoms with van der Waals surface area (Å²) in [7, 11) is 0. The molecule has 0 aliphatic heterocycles. The van der Waals surface area contributed by atoms with E-state index in [-0.39, 0.29) is 0 Å². The van der Waals surface area contributed by atoms with Gasteiger partial charge in [0.15, 0.2) is 0 Å². The second-order valence-electron chi connectivity index (χ2n) is 4.43. The minimum absolute atomic E-state index is 0.559. The van der Waals surface area contributed by atoms with Gasteiger partial charge in [0.25, 0.3) is 0 Å². The van der Waals surface area contributed by atoms with Crippen LogP contribution in [-0.4, -0.2) is 10.2 Å². The van der Waals surface area contributed by atoms with E-state index in [4.69, 9.17) is 4.74 Å². The zero-order chi connectivity index (χ0) is 11.7. The summed E-state index contributed by atoms with van der Waals surface area (Å²) in [4.78, 5) is 0. The summed E-state index contributed by atoms with van der Waals surface area (Å²) in [6, 6.07) is 9.97. The molecule has 1 aromatic heterocycles. The Morgan fingerprint density at radius 1 is 1.18 bits per heavy atom. The highest BCUT2D eigenvalue weighted by atomic mass is 16.5. The summed E-state index contributed by atoms with van der Waals surface area (Å²) < 4.78 is 5.87. The van der Waals surface area contributed by atoms with Crippen molar-refractivity contribution in [3.8, 4) is 11.6 Å². The molecule has 3 heteroatoms. The Labute approximate surface area is 100 Å². The lowest BCUT2D eigenvalue weighted by Gasteiger charge is -2.12. The molecular formula is C14H14N2O. The second kappa shape index (κ2) is 4.17. The lowest BCUT2D eigenvalue weighted by molar-refractivity contribution is 0.446. The molecule has 0 atom stereocenters. The first-order valence-electron chi connectivity index (χ1n) is 5.89. The predicted octanol–water partition coefficient (Wildman–Crippen LogP) is 3.45. The van der Waals surface area contributed by atoms with E-state index < -0.39 is 0 Å². The van der Waals surface area contributed by atoms with Crippen LogP contribution >= 0.6 is 0 Å². The van der Waals surface area contributed by atoms with Gasteiger partial charge in [-0.2, -0.15) is 5.10 Å². The Balaban J connectivity index is 1.96. The largest absolute Gasteiger partial charge is 0.437 e. The van der Waals surface area contributed by atoms with Gasteiger partial charge >= 0.3 is 0 Å². The number of para-hydroxylation sites is 1. The second-order valence-corrected chi connectivity index (χ2v) is 4.43. The molecule has 1 aromatic carbocycles. The number of benzene rings is 1. The molecule has 17 heavy (non-hydrogen) atoms. The summed E-state index contributed by atoms with van der Waals surface area (Å²) in [6.45, 7) is 2.07. The van der Waals surface area contributed by atoms with Gasteiger partial charge in [0, 0.05) is 12.3 Å². The Kier molecular flexibility index (Phi) is 2.52. The predicted molar refractivity (Wildman–Crippen MR) is 65.3 cm³/mol. The van der Waals surface area contributed by atoms with Crippen LogP contribution in [0.1, 0.15) is 29.9 Å². The van der Waals surface area contributed by atoms with Crippen LogP contribution in [0, 0.1) is 6.92 Å². The highest BCUT2D eigenvalue weighted by Gasteiger charge is 2.27. The monoisotopic (exact) mass is 226 g/mol. The number of aryl methyl sites for hydroxylation is 1. The molecule has 0 amide bonds. The average Bonchev–Trinajstić information content (AvgIpc) is 3.17. The molecule has 0 bridgehead atoms. The van der Waals surface area contributed by atoms with Gasteiger partial charge in [-0.3, -0.25) is 0 Å². The standard InChI is InChI=1S/C14H14N2O/c1-10-4-2-5-12(11-7-8-11)14(10)17-13-6-3-9-15-16-13/h2-6,9,11H,7-8H2,1H3. The molecule has 1 saturated carbocycles. The van der Waals surface area contributed by atoms with Gasteiger partial charge in [-0.05, 0) is 42.9 Å². The minimum atomic E-state index is 0.559. The lowest BCUT2D eigenvalue weighted by Crippen LogP contribution is -1.95. The molecule has 1 heterocycles. The average molecular weight is 226 g/mol. The van der Waals surface area contributed by atoms with Gasteiger partial charge < -0.3 is 4.74 Å². The van der Waals surface area contributed by atoms with Gasteiger partial charge in [0.1, 0.15) is 5.75 Å². The first-order chi connectivity index (χ1) is 8.34. The van der Waals surface area contributed by atoms with Crippen molar-refractivity contribution in [1.82, 2.24) is 10.2 Å². The van der Waals surface area contributed by atoms with E-state index in [1.165, 1.54) is 18.4 Å². The van der Waals surface area contributed by atoms with Crippen molar-refractivity contribution < 1.29 is 4.74 Å². The number of nitrogens with zero attached hydrogens (tertiary/aromatic N) is 2. The van der Waals surface area contributed by atoms with Crippen LogP contribution in [0.25, 0.3) is 0 Å². The van der Waals surface area contributed by atoms with Crippen molar-refractivity contribution >= 4 is 0 Å². The van der Waals surface area contributed by atoms with Crippen molar-refractivity contribution in [3.63, 3.8) is 0 Å². The van der Waals surface area contributed by atoms with E-state index in [0.717, 1.165) is 11.3 Å². The van der Waals surface area contributed by atoms with E-state index in [0.29, 0.717) is 11.8 Å². The maximum atomic E-state index is 5.87. The van der Waals surface area contributed by atoms with Crippen LogP contribution in [0.15, 0.2) is 36.5 Å². The van der Waals surface area contributed by atoms with Gasteiger partial charge in [-0.1, -0.05) is 18.2 Å². The summed E-state index contributed by atoms with van der Waals surface area (Å²) in [5.41, 5.74) is 2.45. The number of hydrogen-bond acceptors (Lipinski definition) is 3. The molecule has 2 aromatic rings. The van der Waals surface area contributed by atoms with Gasteiger partial charge in [0.2, 0.25) is 5.88 Å². The Hall–Kier alpha value is -1.90. The Morgan fingerprint density at radius 2 is 2.06 bits per heavy atom. The molecular weight excluding hydrogens is 212 g/mol. The molecule has 0 saturated heterocycles. The highest BCUT2D eigenvalue weighted by Crippen LogP contribution is 2.46. The summed E-state index contributed by atoms with van der Waals surface area (Å²) in [6.07, 6.45) is 4.17. The van der Waals surface area contributed by atoms with Crippen molar-refractivity contribution in [3.05, 3.63) is 47.7 Å². The molecule has 1 aliphatic rings. The fourth-order valence-corrected chi connectivity index (χ4v) is 1.98. The highest BCUT2D eigenvalue weighted by molar-refractivity contribution is 5.46. The zero-order valence-corrected chi connectivity index (χ0v) is 9.76. The topological polar surface area (TPSA) is 35.0 Å². The fraction of sp³-hybridized carbons (Fsp3) is 0.286. The summed E-state index contributed by atoms with van der Waals surface area (Å²) >= 11 is 0. The number of hydrogen-bond donors (Lipinski definition) is 0. The molecule has 1 aliphatic carbocycles. The van der Waals surface area contributed by atoms with Crippen molar-refractivity contribution in [1.29, 1.82) is 0 Å². The Morgan fingerprint density at radius 3 is 2.76 bits per heavy atom. The van der Waals surface area contributed by atoms with Crippen molar-refractivity contribution in [2.24, 2.45) is 0 Å². The van der Waals surface area contributed by atoms with Gasteiger partial charge in [0.05, 0.1) is 0 Å². The quantitative estimate of drug-likeness (QED) is 0.804. The molecule has 0 unspecified atom stereocenters. The molecule has 3 nitrogen and oxygen atoms in total. The molecule has 0 N–H and O–H groups in total. The number of rotatable bonds is 3. The van der Waals surface area contributed by atoms with Crippen LogP contribution in [0.4, 0.5) is 0 Å². The fourth-order valence-electron chi connectivity index (χ4n) is 1.98. The van der Waals surface area contributed by atoms with Gasteiger partial charge in [-0.25, -0.2) is 0 Å². The molecule has 1 fully saturated rings. The third kappa shape index (κ3) is 2.13. The van der Waals surface area contributed by atoms with Crippen molar-refractivity contribution in [2.75, 3.05) is 0 Å². The third-order valence-electron chi connectivity index (χ3n) is 3.01. The van der Waals surface area contributed by atoms with Crippen LogP contribution in [0.3, 0.4) is 0 Å². The van der Waals surface area contributed by atoms with E-state index in [1.807, 2.05) is 12.1 Å². The molecule has 86 valence electrons. The zero-order valence-electron chi connectivity index (χ0n) is 9.76. The van der Waals surface area contributed by atoms with Crippen LogP contribution in [0.2, 0.25) is 0 Å². The first kappa shape index (κ1) is 10.3. The number of aromatic nitrogens is 2. The third-order valence-corrected chi connectivity index (χ3v) is 3.01. The lowest BCUT2D eigenvalue weighted by atomic mass is 10.1.